The first-order chi connectivity index (χ1) is 59.5. The normalized spacial score (nSPS) is 12.0. The van der Waals surface area contributed by atoms with E-state index in [2.05, 4.69) is 455 Å². The van der Waals surface area contributed by atoms with E-state index >= 15 is 0 Å². The van der Waals surface area contributed by atoms with Crippen LogP contribution < -0.4 is 0 Å². The van der Waals surface area contributed by atoms with Crippen LogP contribution in [0.1, 0.15) is 0 Å². The summed E-state index contributed by atoms with van der Waals surface area (Å²) in [5, 5.41) is 30.7. The van der Waals surface area contributed by atoms with Gasteiger partial charge in [-0.25, -0.2) is 0 Å². The minimum Gasteiger partial charge on any atom is -0.309 e. The largest absolute Gasteiger partial charge is 0.309 e. The fourth-order valence-corrected chi connectivity index (χ4v) is 20.3. The van der Waals surface area contributed by atoms with E-state index in [1.54, 1.807) is 0 Å². The molecule has 0 fully saturated rings. The fourth-order valence-electron chi connectivity index (χ4n) is 20.3. The van der Waals surface area contributed by atoms with Gasteiger partial charge in [0.25, 0.3) is 0 Å². The van der Waals surface area contributed by atoms with Crippen LogP contribution in [0.3, 0.4) is 0 Å². The second-order valence-electron chi connectivity index (χ2n) is 32.1. The van der Waals surface area contributed by atoms with E-state index in [0.29, 0.717) is 0 Å². The van der Waals surface area contributed by atoms with Crippen molar-refractivity contribution in [3.63, 3.8) is 0 Å². The average Bonchev–Trinajstić information content (AvgIpc) is 1.33. The van der Waals surface area contributed by atoms with E-state index in [-0.39, 0.29) is 0 Å². The second kappa shape index (κ2) is 26.9. The molecule has 4 aromatic heterocycles. The van der Waals surface area contributed by atoms with Crippen LogP contribution in [0.4, 0.5) is 0 Å². The van der Waals surface area contributed by atoms with Crippen molar-refractivity contribution in [1.82, 2.24) is 18.3 Å². The molecule has 0 amide bonds. The summed E-state index contributed by atoms with van der Waals surface area (Å²) in [6, 6.07) is 161. The van der Waals surface area contributed by atoms with Gasteiger partial charge < -0.3 is 18.3 Å². The molecule has 0 saturated heterocycles. The lowest BCUT2D eigenvalue weighted by Gasteiger charge is -2.18. The number of hydrogen-bond donors (Lipinski definition) is 0. The maximum Gasteiger partial charge on any atom is 0.0547 e. The highest BCUT2D eigenvalue weighted by Gasteiger charge is 2.23. The SMILES string of the molecule is c1ccc(-n2c3ccccc3c3ccc(-c4ccc5c(c4)c4ccccc4n5-c4ccc(-c5cc6c7ccccc7c7ccccc7c6c6c5ccc5ccccc56)cc4)cc32)cc1.c1ccc(-n2c3ccccc3c3ccc(-c4ccc5c(c4)c4ccccc4n5-c4ccc(-c5ccc6c(ccc7c8ccccc8ccc67)c5)cc4)cc32)cc1. The molecule has 26 rings (SSSR count). The maximum atomic E-state index is 2.45. The van der Waals surface area contributed by atoms with E-state index in [1.807, 2.05) is 0 Å². The quantitative estimate of drug-likeness (QED) is 0.135. The van der Waals surface area contributed by atoms with Crippen molar-refractivity contribution in [2.75, 3.05) is 0 Å². The first-order valence-electron chi connectivity index (χ1n) is 41.5. The summed E-state index contributed by atoms with van der Waals surface area (Å²) in [6.45, 7) is 0. The van der Waals surface area contributed by atoms with Crippen LogP contribution in [0.15, 0.2) is 437 Å². The van der Waals surface area contributed by atoms with Gasteiger partial charge in [-0.15, -0.1) is 0 Å². The Bertz CT molecular complexity index is 8750. The molecular formula is C116H72N4. The summed E-state index contributed by atoms with van der Waals surface area (Å²) < 4.78 is 9.63. The second-order valence-corrected chi connectivity index (χ2v) is 32.1. The van der Waals surface area contributed by atoms with Crippen molar-refractivity contribution in [3.8, 4) is 67.3 Å². The van der Waals surface area contributed by atoms with E-state index in [4.69, 9.17) is 0 Å². The highest BCUT2D eigenvalue weighted by Crippen LogP contribution is 2.48. The van der Waals surface area contributed by atoms with Gasteiger partial charge in [-0.1, -0.05) is 315 Å². The third-order valence-corrected chi connectivity index (χ3v) is 25.8. The fraction of sp³-hybridized carbons (Fsp3) is 0. The van der Waals surface area contributed by atoms with Gasteiger partial charge >= 0.3 is 0 Å². The van der Waals surface area contributed by atoms with E-state index in [9.17, 15) is 0 Å². The Morgan fingerprint density at radius 1 is 0.117 bits per heavy atom. The molecule has 22 aromatic carbocycles. The number of para-hydroxylation sites is 6. The summed E-state index contributed by atoms with van der Waals surface area (Å²) in [5.41, 5.74) is 24.0. The first kappa shape index (κ1) is 67.5. The Morgan fingerprint density at radius 3 is 0.908 bits per heavy atom. The summed E-state index contributed by atoms with van der Waals surface area (Å²) in [6.07, 6.45) is 0. The lowest BCUT2D eigenvalue weighted by atomic mass is 9.85. The van der Waals surface area contributed by atoms with Crippen LogP contribution in [-0.4, -0.2) is 18.3 Å². The molecule has 0 aliphatic rings. The molecule has 0 atom stereocenters. The molecular weight excluding hydrogens is 1450 g/mol. The van der Waals surface area contributed by atoms with E-state index in [0.717, 1.165) is 11.4 Å². The summed E-state index contributed by atoms with van der Waals surface area (Å²) in [5.74, 6) is 0. The molecule has 0 saturated carbocycles. The standard InChI is InChI=1S/C62H38N2.C54H34N2/c1-2-15-43(16-3-1)64-57-24-12-10-21-49(57)51-33-29-42(37-60(51)64)41-30-35-59-55(36-41)50-22-11-13-25-58(50)63(59)44-31-26-40(27-32-44)54-38-56-48-20-7-6-18-46(48)47-19-8-9-23-52(47)62(56)61-45-17-5-4-14-39(45)28-34-53(54)61;1-2-11-41(12-3-1)56-51-16-8-6-14-47(51)49-30-22-39(34-54(49)56)38-24-31-53-50(33-38)48-15-7-9-17-52(48)55(53)42-25-18-35(19-26-42)37-21-27-44-40(32-37)23-29-45-43-13-5-4-10-36(43)20-28-46(44)45/h1-38H;1-34H. The zero-order valence-electron chi connectivity index (χ0n) is 65.4. The van der Waals surface area contributed by atoms with Crippen LogP contribution in [0, 0.1) is 0 Å². The van der Waals surface area contributed by atoms with Gasteiger partial charge in [0, 0.05) is 65.8 Å². The molecule has 0 radical (unpaired) electrons. The molecule has 0 N–H and O–H groups in total. The summed E-state index contributed by atoms with van der Waals surface area (Å²) in [7, 11) is 0. The molecule has 4 heteroatoms. The molecule has 0 spiro atoms. The van der Waals surface area contributed by atoms with Gasteiger partial charge in [-0.2, -0.15) is 0 Å². The summed E-state index contributed by atoms with van der Waals surface area (Å²) >= 11 is 0. The summed E-state index contributed by atoms with van der Waals surface area (Å²) in [4.78, 5) is 0. The lowest BCUT2D eigenvalue weighted by Crippen LogP contribution is -1.94. The van der Waals surface area contributed by atoms with Gasteiger partial charge in [0.15, 0.2) is 0 Å². The number of aromatic nitrogens is 4. The van der Waals surface area contributed by atoms with Gasteiger partial charge in [-0.3, -0.25) is 0 Å². The van der Waals surface area contributed by atoms with Crippen LogP contribution in [-0.2, 0) is 0 Å². The number of fused-ring (bicyclic) bond motifs is 27. The Labute approximate surface area is 691 Å². The Balaban J connectivity index is 0.000000134. The highest BCUT2D eigenvalue weighted by molar-refractivity contribution is 6.37. The third kappa shape index (κ3) is 10.4. The smallest absolute Gasteiger partial charge is 0.0547 e. The molecule has 26 aromatic rings. The monoisotopic (exact) mass is 1520 g/mol. The van der Waals surface area contributed by atoms with Crippen molar-refractivity contribution < 1.29 is 0 Å². The molecule has 0 unspecified atom stereocenters. The topological polar surface area (TPSA) is 19.7 Å². The van der Waals surface area contributed by atoms with Crippen LogP contribution in [0.5, 0.6) is 0 Å². The lowest BCUT2D eigenvalue weighted by molar-refractivity contribution is 1.18. The third-order valence-electron chi connectivity index (χ3n) is 25.8. The minimum absolute atomic E-state index is 1.14. The average molecular weight is 1520 g/mol. The van der Waals surface area contributed by atoms with Gasteiger partial charge in [0.05, 0.1) is 44.1 Å². The van der Waals surface area contributed by atoms with Crippen LogP contribution in [0.25, 0.3) is 241 Å². The zero-order chi connectivity index (χ0) is 78.6. The number of rotatable bonds is 8. The van der Waals surface area contributed by atoms with Gasteiger partial charge in [-0.05, 0) is 252 Å². The number of nitrogens with zero attached hydrogens (tertiary/aromatic N) is 4. The highest BCUT2D eigenvalue weighted by atomic mass is 15.0. The number of hydrogen-bond acceptors (Lipinski definition) is 0. The zero-order valence-corrected chi connectivity index (χ0v) is 65.4. The molecule has 556 valence electrons. The van der Waals surface area contributed by atoms with Crippen LogP contribution in [0.2, 0.25) is 0 Å². The molecule has 4 nitrogen and oxygen atoms in total. The van der Waals surface area contributed by atoms with Crippen molar-refractivity contribution in [2.45, 2.75) is 0 Å². The van der Waals surface area contributed by atoms with Crippen LogP contribution >= 0.6 is 0 Å². The molecule has 0 bridgehead atoms. The molecule has 4 heterocycles. The predicted octanol–water partition coefficient (Wildman–Crippen LogP) is 31.7. The Kier molecular flexibility index (Phi) is 15.1. The van der Waals surface area contributed by atoms with Crippen molar-refractivity contribution in [2.24, 2.45) is 0 Å². The van der Waals surface area contributed by atoms with Crippen molar-refractivity contribution in [3.05, 3.63) is 437 Å². The molecule has 0 aliphatic carbocycles. The van der Waals surface area contributed by atoms with Crippen molar-refractivity contribution >= 4 is 173 Å². The Morgan fingerprint density at radius 2 is 0.400 bits per heavy atom. The van der Waals surface area contributed by atoms with E-state index in [1.165, 1.54) is 229 Å². The molecule has 0 aliphatic heterocycles. The van der Waals surface area contributed by atoms with Gasteiger partial charge in [0.2, 0.25) is 0 Å². The van der Waals surface area contributed by atoms with E-state index < -0.39 is 0 Å². The minimum atomic E-state index is 1.14. The Hall–Kier alpha value is -15.9. The van der Waals surface area contributed by atoms with Crippen molar-refractivity contribution in [1.29, 1.82) is 0 Å². The predicted molar refractivity (Wildman–Crippen MR) is 512 cm³/mol. The molecule has 120 heavy (non-hydrogen) atoms. The first-order valence-corrected chi connectivity index (χ1v) is 41.5. The van der Waals surface area contributed by atoms with Gasteiger partial charge in [0.1, 0.15) is 0 Å². The number of benzene rings is 22. The maximum absolute atomic E-state index is 2.45.